The number of phenols is 1. The highest BCUT2D eigenvalue weighted by Gasteiger charge is 2.22. The first kappa shape index (κ1) is 17.6. The molecule has 28 heavy (non-hydrogen) atoms. The van der Waals surface area contributed by atoms with Crippen LogP contribution in [0.15, 0.2) is 41.8 Å². The number of aromatic hydroxyl groups is 1. The monoisotopic (exact) mass is 378 g/mol. The second-order valence-corrected chi connectivity index (χ2v) is 6.19. The summed E-state index contributed by atoms with van der Waals surface area (Å²) in [5.74, 6) is 0.637. The molecule has 1 aromatic heterocycles. The predicted octanol–water partition coefficient (Wildman–Crippen LogP) is 2.72. The Labute approximate surface area is 160 Å². The summed E-state index contributed by atoms with van der Waals surface area (Å²) in [4.78, 5) is 19.3. The number of hydrogen-bond acceptors (Lipinski definition) is 6. The molecular formula is C20H18N4O4. The number of H-pyrrole nitrogens is 1. The van der Waals surface area contributed by atoms with E-state index in [0.717, 1.165) is 16.6 Å². The molecule has 0 aliphatic carbocycles. The van der Waals surface area contributed by atoms with E-state index in [4.69, 9.17) is 9.47 Å². The van der Waals surface area contributed by atoms with Crippen LogP contribution in [0.2, 0.25) is 0 Å². The van der Waals surface area contributed by atoms with Gasteiger partial charge in [0, 0.05) is 5.56 Å². The maximum Gasteiger partial charge on any atom is 0.244 e. The van der Waals surface area contributed by atoms with E-state index in [-0.39, 0.29) is 24.9 Å². The van der Waals surface area contributed by atoms with Gasteiger partial charge in [-0.25, -0.2) is 10.4 Å². The maximum atomic E-state index is 12.2. The molecule has 0 saturated heterocycles. The highest BCUT2D eigenvalue weighted by Crippen LogP contribution is 2.42. The number of nitrogens with one attached hydrogen (secondary N) is 2. The largest absolute Gasteiger partial charge is 0.506 e. The summed E-state index contributed by atoms with van der Waals surface area (Å²) in [7, 11) is 0. The quantitative estimate of drug-likeness (QED) is 0.467. The van der Waals surface area contributed by atoms with Crippen LogP contribution in [0.1, 0.15) is 23.6 Å². The number of phenolic OH excluding ortho intramolecular Hbond substituents is 1. The molecule has 2 heterocycles. The molecule has 0 fully saturated rings. The van der Waals surface area contributed by atoms with Crippen molar-refractivity contribution in [2.45, 2.75) is 13.3 Å². The van der Waals surface area contributed by atoms with Gasteiger partial charge in [0.1, 0.15) is 5.75 Å². The Morgan fingerprint density at radius 1 is 1.39 bits per heavy atom. The first-order valence-electron chi connectivity index (χ1n) is 8.68. The SMILES string of the molecule is C/C=C/c1cc2c(c(/C=N/NC(=O)Cc3ccc4nc[nH]c4c3)c1O)OCO2. The van der Waals surface area contributed by atoms with E-state index in [1.165, 1.54) is 6.21 Å². The molecule has 0 spiro atoms. The number of rotatable bonds is 5. The lowest BCUT2D eigenvalue weighted by Gasteiger charge is -2.07. The molecule has 0 saturated carbocycles. The molecule has 3 aromatic rings. The van der Waals surface area contributed by atoms with Crippen molar-refractivity contribution in [3.63, 3.8) is 0 Å². The van der Waals surface area contributed by atoms with Crippen LogP contribution in [0, 0.1) is 0 Å². The lowest BCUT2D eigenvalue weighted by atomic mass is 10.1. The van der Waals surface area contributed by atoms with Gasteiger partial charge in [-0.1, -0.05) is 18.2 Å². The van der Waals surface area contributed by atoms with Gasteiger partial charge in [0.05, 0.1) is 35.6 Å². The third-order valence-electron chi connectivity index (χ3n) is 4.28. The van der Waals surface area contributed by atoms with Crippen LogP contribution in [0.4, 0.5) is 0 Å². The highest BCUT2D eigenvalue weighted by molar-refractivity contribution is 5.92. The minimum absolute atomic E-state index is 0.00467. The minimum Gasteiger partial charge on any atom is -0.506 e. The Morgan fingerprint density at radius 3 is 3.14 bits per heavy atom. The standard InChI is InChI=1S/C20H18N4O4/c1-2-3-13-8-17-20(28-11-27-17)14(19(13)26)9-23-24-18(25)7-12-4-5-15-16(6-12)22-10-21-15/h2-6,8-10,26H,7,11H2,1H3,(H,21,22)(H,24,25)/b3-2+,23-9+. The fourth-order valence-corrected chi connectivity index (χ4v) is 2.99. The van der Waals surface area contributed by atoms with Crippen LogP contribution >= 0.6 is 0 Å². The second kappa shape index (κ2) is 7.43. The van der Waals surface area contributed by atoms with Gasteiger partial charge < -0.3 is 19.6 Å². The molecule has 3 N–H and O–H groups in total. The van der Waals surface area contributed by atoms with Gasteiger partial charge in [0.15, 0.2) is 11.5 Å². The summed E-state index contributed by atoms with van der Waals surface area (Å²) < 4.78 is 10.8. The fourth-order valence-electron chi connectivity index (χ4n) is 2.99. The number of carbonyl (C=O) groups excluding carboxylic acids is 1. The zero-order valence-corrected chi connectivity index (χ0v) is 15.1. The summed E-state index contributed by atoms with van der Waals surface area (Å²) in [5, 5.41) is 14.4. The number of hydrogen-bond donors (Lipinski definition) is 3. The smallest absolute Gasteiger partial charge is 0.244 e. The molecule has 0 radical (unpaired) electrons. The summed E-state index contributed by atoms with van der Waals surface area (Å²) in [6.45, 7) is 1.91. The summed E-state index contributed by atoms with van der Waals surface area (Å²) in [6, 6.07) is 7.26. The normalized spacial score (nSPS) is 13.0. The molecule has 0 atom stereocenters. The summed E-state index contributed by atoms with van der Waals surface area (Å²) in [5.41, 5.74) is 5.94. The van der Waals surface area contributed by atoms with Gasteiger partial charge in [-0.15, -0.1) is 0 Å². The highest BCUT2D eigenvalue weighted by atomic mass is 16.7. The van der Waals surface area contributed by atoms with E-state index in [1.807, 2.05) is 25.1 Å². The average molecular weight is 378 g/mol. The zero-order valence-electron chi connectivity index (χ0n) is 15.1. The number of imidazole rings is 1. The molecular weight excluding hydrogens is 360 g/mol. The number of aromatic nitrogens is 2. The Bertz CT molecular complexity index is 1100. The number of carbonyl (C=O) groups is 1. The van der Waals surface area contributed by atoms with Crippen molar-refractivity contribution in [1.82, 2.24) is 15.4 Å². The van der Waals surface area contributed by atoms with Crippen LogP contribution in [0.3, 0.4) is 0 Å². The van der Waals surface area contributed by atoms with Crippen molar-refractivity contribution < 1.29 is 19.4 Å². The fraction of sp³-hybridized carbons (Fsp3) is 0.150. The van der Waals surface area contributed by atoms with Crippen molar-refractivity contribution in [3.8, 4) is 17.2 Å². The summed E-state index contributed by atoms with van der Waals surface area (Å²) >= 11 is 0. The maximum absolute atomic E-state index is 12.2. The van der Waals surface area contributed by atoms with Crippen LogP contribution < -0.4 is 14.9 Å². The van der Waals surface area contributed by atoms with Gasteiger partial charge >= 0.3 is 0 Å². The number of hydrazone groups is 1. The van der Waals surface area contributed by atoms with E-state index in [9.17, 15) is 9.90 Å². The molecule has 8 heteroatoms. The number of ether oxygens (including phenoxy) is 2. The Morgan fingerprint density at radius 2 is 2.29 bits per heavy atom. The van der Waals surface area contributed by atoms with Gasteiger partial charge in [-0.3, -0.25) is 4.79 Å². The van der Waals surface area contributed by atoms with E-state index in [1.54, 1.807) is 24.5 Å². The number of aromatic amines is 1. The number of allylic oxidation sites excluding steroid dienone is 1. The number of amides is 1. The number of fused-ring (bicyclic) bond motifs is 2. The van der Waals surface area contributed by atoms with E-state index in [2.05, 4.69) is 20.5 Å². The number of benzene rings is 2. The average Bonchev–Trinajstić information content (AvgIpc) is 3.33. The lowest BCUT2D eigenvalue weighted by molar-refractivity contribution is -0.120. The van der Waals surface area contributed by atoms with Gasteiger partial charge in [-0.2, -0.15) is 5.10 Å². The van der Waals surface area contributed by atoms with Crippen LogP contribution in [0.25, 0.3) is 17.1 Å². The predicted molar refractivity (Wildman–Crippen MR) is 104 cm³/mol. The molecule has 1 amide bonds. The van der Waals surface area contributed by atoms with E-state index >= 15 is 0 Å². The van der Waals surface area contributed by atoms with E-state index < -0.39 is 0 Å². The molecule has 0 unspecified atom stereocenters. The third kappa shape index (κ3) is 3.39. The van der Waals surface area contributed by atoms with Crippen molar-refractivity contribution in [1.29, 1.82) is 0 Å². The molecule has 2 aromatic carbocycles. The topological polar surface area (TPSA) is 109 Å². The van der Waals surface area contributed by atoms with Gasteiger partial charge in [0.25, 0.3) is 0 Å². The minimum atomic E-state index is -0.284. The second-order valence-electron chi connectivity index (χ2n) is 6.19. The lowest BCUT2D eigenvalue weighted by Crippen LogP contribution is -2.19. The van der Waals surface area contributed by atoms with Crippen molar-refractivity contribution in [2.75, 3.05) is 6.79 Å². The number of nitrogens with zero attached hydrogens (tertiary/aromatic N) is 2. The summed E-state index contributed by atoms with van der Waals surface area (Å²) in [6.07, 6.45) is 6.67. The van der Waals surface area contributed by atoms with Crippen molar-refractivity contribution in [3.05, 3.63) is 53.4 Å². The zero-order chi connectivity index (χ0) is 19.5. The van der Waals surface area contributed by atoms with E-state index in [0.29, 0.717) is 22.6 Å². The first-order chi connectivity index (χ1) is 13.7. The van der Waals surface area contributed by atoms with Gasteiger partial charge in [0.2, 0.25) is 12.7 Å². The van der Waals surface area contributed by atoms with Gasteiger partial charge in [-0.05, 0) is 30.7 Å². The van der Waals surface area contributed by atoms with Crippen molar-refractivity contribution >= 4 is 29.2 Å². The Balaban J connectivity index is 1.49. The van der Waals surface area contributed by atoms with Crippen LogP contribution in [0.5, 0.6) is 17.2 Å². The Hall–Kier alpha value is -3.81. The molecule has 8 nitrogen and oxygen atoms in total. The third-order valence-corrected chi connectivity index (χ3v) is 4.28. The molecule has 1 aliphatic heterocycles. The molecule has 0 bridgehead atoms. The molecule has 142 valence electrons. The van der Waals surface area contributed by atoms with Crippen LogP contribution in [-0.4, -0.2) is 34.0 Å². The molecule has 1 aliphatic rings. The van der Waals surface area contributed by atoms with Crippen LogP contribution in [-0.2, 0) is 11.2 Å². The first-order valence-corrected chi connectivity index (χ1v) is 8.68. The molecule has 4 rings (SSSR count). The van der Waals surface area contributed by atoms with Crippen molar-refractivity contribution in [2.24, 2.45) is 5.10 Å². The Kier molecular flexibility index (Phi) is 4.67.